The Balaban J connectivity index is 1.48. The van der Waals surface area contributed by atoms with Crippen molar-refractivity contribution >= 4 is 33.3 Å². The van der Waals surface area contributed by atoms with Crippen LogP contribution >= 0.6 is 11.6 Å². The molecule has 0 aliphatic carbocycles. The number of rotatable bonds is 7. The largest absolute Gasteiger partial charge is 0.453 e. The van der Waals surface area contributed by atoms with Crippen LogP contribution in [0.3, 0.4) is 0 Å². The number of nitrogens with zero attached hydrogens (tertiary/aromatic N) is 3. The molecular weight excluding hydrogens is 434 g/mol. The minimum atomic E-state index is -3.11. The number of hydrogen-bond donors (Lipinski definition) is 0. The van der Waals surface area contributed by atoms with Crippen molar-refractivity contribution in [2.75, 3.05) is 18.6 Å². The van der Waals surface area contributed by atoms with Gasteiger partial charge >= 0.3 is 5.97 Å². The van der Waals surface area contributed by atoms with Gasteiger partial charge in [-0.15, -0.1) is 0 Å². The predicted octanol–water partition coefficient (Wildman–Crippen LogP) is 1.90. The Morgan fingerprint density at radius 1 is 1.33 bits per heavy atom. The van der Waals surface area contributed by atoms with Crippen molar-refractivity contribution in [3.05, 3.63) is 35.2 Å². The zero-order valence-corrected chi connectivity index (χ0v) is 18.1. The van der Waals surface area contributed by atoms with E-state index in [2.05, 4.69) is 10.1 Å². The normalized spacial score (nSPS) is 18.7. The fraction of sp³-hybridized carbons (Fsp3) is 0.474. The van der Waals surface area contributed by atoms with Gasteiger partial charge in [-0.3, -0.25) is 9.59 Å². The maximum atomic E-state index is 12.4. The molecule has 11 heteroatoms. The van der Waals surface area contributed by atoms with Crippen molar-refractivity contribution in [3.63, 3.8) is 0 Å². The van der Waals surface area contributed by atoms with Crippen LogP contribution in [-0.2, 0) is 30.6 Å². The summed E-state index contributed by atoms with van der Waals surface area (Å²) in [5.74, 6) is -0.382. The molecular formula is C19H22ClN3O6S. The summed E-state index contributed by atoms with van der Waals surface area (Å²) in [7, 11) is -1.59. The molecule has 0 bridgehead atoms. The van der Waals surface area contributed by atoms with E-state index < -0.39 is 33.9 Å². The number of likely N-dealkylation sites (N-methyl/N-ethyl adjacent to an activating group) is 1. The number of sulfone groups is 1. The molecule has 1 amide bonds. The van der Waals surface area contributed by atoms with Gasteiger partial charge in [0.2, 0.25) is 11.7 Å². The molecule has 0 radical (unpaired) electrons. The van der Waals surface area contributed by atoms with Crippen LogP contribution in [0.25, 0.3) is 11.4 Å². The summed E-state index contributed by atoms with van der Waals surface area (Å²) in [4.78, 5) is 30.1. The highest BCUT2D eigenvalue weighted by atomic mass is 35.5. The first-order valence-electron chi connectivity index (χ1n) is 9.40. The fourth-order valence-electron chi connectivity index (χ4n) is 3.14. The number of aryl methyl sites for hydroxylation is 1. The number of aromatic nitrogens is 2. The Morgan fingerprint density at radius 2 is 2.03 bits per heavy atom. The van der Waals surface area contributed by atoms with Crippen LogP contribution in [-0.4, -0.2) is 66.0 Å². The van der Waals surface area contributed by atoms with E-state index >= 15 is 0 Å². The van der Waals surface area contributed by atoms with Crippen molar-refractivity contribution in [1.29, 1.82) is 0 Å². The fourth-order valence-corrected chi connectivity index (χ4v) is 5.04. The molecule has 30 heavy (non-hydrogen) atoms. The molecule has 2 atom stereocenters. The van der Waals surface area contributed by atoms with E-state index in [-0.39, 0.29) is 30.2 Å². The van der Waals surface area contributed by atoms with Gasteiger partial charge in [0, 0.05) is 30.1 Å². The third kappa shape index (κ3) is 5.57. The number of hydrogen-bond acceptors (Lipinski definition) is 8. The summed E-state index contributed by atoms with van der Waals surface area (Å²) >= 11 is 5.85. The molecule has 0 saturated carbocycles. The number of esters is 1. The van der Waals surface area contributed by atoms with E-state index in [1.165, 1.54) is 18.9 Å². The van der Waals surface area contributed by atoms with E-state index in [0.717, 1.165) is 5.56 Å². The summed E-state index contributed by atoms with van der Waals surface area (Å²) in [5, 5.41) is 4.46. The first-order chi connectivity index (χ1) is 14.1. The second-order valence-electron chi connectivity index (χ2n) is 7.16. The zero-order chi connectivity index (χ0) is 21.9. The second-order valence-corrected chi connectivity index (χ2v) is 9.82. The predicted molar refractivity (Wildman–Crippen MR) is 108 cm³/mol. The van der Waals surface area contributed by atoms with Crippen molar-refractivity contribution in [3.8, 4) is 11.4 Å². The minimum absolute atomic E-state index is 0.0403. The molecule has 1 fully saturated rings. The zero-order valence-electron chi connectivity index (χ0n) is 16.6. The van der Waals surface area contributed by atoms with Gasteiger partial charge in [-0.1, -0.05) is 16.8 Å². The highest BCUT2D eigenvalue weighted by Gasteiger charge is 2.34. The maximum Gasteiger partial charge on any atom is 0.307 e. The van der Waals surface area contributed by atoms with Crippen LogP contribution in [0.5, 0.6) is 0 Å². The summed E-state index contributed by atoms with van der Waals surface area (Å²) in [6.07, 6.45) is -0.505. The molecule has 0 unspecified atom stereocenters. The van der Waals surface area contributed by atoms with Crippen molar-refractivity contribution in [1.82, 2.24) is 15.0 Å². The molecule has 1 aromatic heterocycles. The van der Waals surface area contributed by atoms with E-state index in [1.807, 2.05) is 0 Å². The molecule has 2 aromatic rings. The van der Waals surface area contributed by atoms with E-state index in [1.54, 1.807) is 24.3 Å². The number of ether oxygens (including phenoxy) is 1. The minimum Gasteiger partial charge on any atom is -0.453 e. The summed E-state index contributed by atoms with van der Waals surface area (Å²) in [6, 6.07) is 6.53. The molecule has 162 valence electrons. The van der Waals surface area contributed by atoms with Crippen LogP contribution in [0.15, 0.2) is 28.8 Å². The molecule has 9 nitrogen and oxygen atoms in total. The number of amides is 1. The van der Waals surface area contributed by atoms with Crippen molar-refractivity contribution in [2.24, 2.45) is 0 Å². The topological polar surface area (TPSA) is 120 Å². The van der Waals surface area contributed by atoms with Crippen LogP contribution in [0.2, 0.25) is 5.02 Å². The standard InChI is InChI=1S/C19H22ClN3O6S/c1-12(19(25)23(2)15-9-10-30(26,27)11-15)28-17(24)8-7-16-21-18(22-29-16)13-3-5-14(20)6-4-13/h3-6,12,15H,7-11H2,1-2H3/t12-,15+/m0/s1. The Bertz CT molecular complexity index is 1020. The van der Waals surface area contributed by atoms with Gasteiger partial charge < -0.3 is 14.2 Å². The van der Waals surface area contributed by atoms with Gasteiger partial charge in [0.1, 0.15) is 0 Å². The lowest BCUT2D eigenvalue weighted by Crippen LogP contribution is -2.44. The second kappa shape index (κ2) is 9.13. The Kier molecular flexibility index (Phi) is 6.77. The molecule has 1 aliphatic heterocycles. The number of benzene rings is 1. The van der Waals surface area contributed by atoms with Crippen LogP contribution in [0, 0.1) is 0 Å². The van der Waals surface area contributed by atoms with Crippen LogP contribution in [0.1, 0.15) is 25.7 Å². The van der Waals surface area contributed by atoms with E-state index in [9.17, 15) is 18.0 Å². The van der Waals surface area contributed by atoms with Crippen LogP contribution in [0.4, 0.5) is 0 Å². The molecule has 2 heterocycles. The monoisotopic (exact) mass is 455 g/mol. The number of carbonyl (C=O) groups is 2. The van der Waals surface area contributed by atoms with E-state index in [4.69, 9.17) is 20.9 Å². The van der Waals surface area contributed by atoms with Gasteiger partial charge in [-0.05, 0) is 37.6 Å². The Hall–Kier alpha value is -2.46. The smallest absolute Gasteiger partial charge is 0.307 e. The summed E-state index contributed by atoms with van der Waals surface area (Å²) in [6.45, 7) is 1.46. The lowest BCUT2D eigenvalue weighted by atomic mass is 10.2. The van der Waals surface area contributed by atoms with Crippen LogP contribution < -0.4 is 0 Å². The van der Waals surface area contributed by atoms with Crippen molar-refractivity contribution in [2.45, 2.75) is 38.3 Å². The van der Waals surface area contributed by atoms with Gasteiger partial charge in [0.25, 0.3) is 5.91 Å². The average Bonchev–Trinajstić information content (AvgIpc) is 3.32. The quantitative estimate of drug-likeness (QED) is 0.580. The van der Waals surface area contributed by atoms with Gasteiger partial charge in [0.05, 0.1) is 17.9 Å². The lowest BCUT2D eigenvalue weighted by molar-refractivity contribution is -0.159. The van der Waals surface area contributed by atoms with Gasteiger partial charge in [-0.2, -0.15) is 4.98 Å². The highest BCUT2D eigenvalue weighted by Crippen LogP contribution is 2.20. The Labute approximate surface area is 179 Å². The highest BCUT2D eigenvalue weighted by molar-refractivity contribution is 7.91. The van der Waals surface area contributed by atoms with Gasteiger partial charge in [-0.25, -0.2) is 8.42 Å². The third-order valence-corrected chi connectivity index (χ3v) is 6.88. The SMILES string of the molecule is C[C@H](OC(=O)CCc1nc(-c2ccc(Cl)cc2)no1)C(=O)N(C)[C@@H]1CCS(=O)(=O)C1. The Morgan fingerprint density at radius 3 is 2.67 bits per heavy atom. The third-order valence-electron chi connectivity index (χ3n) is 4.87. The first-order valence-corrected chi connectivity index (χ1v) is 11.6. The maximum absolute atomic E-state index is 12.4. The molecule has 0 spiro atoms. The number of halogens is 1. The molecule has 1 aliphatic rings. The summed E-state index contributed by atoms with van der Waals surface area (Å²) < 4.78 is 33.5. The molecule has 1 saturated heterocycles. The first kappa shape index (κ1) is 22.2. The van der Waals surface area contributed by atoms with Gasteiger partial charge in [0.15, 0.2) is 15.9 Å². The van der Waals surface area contributed by atoms with Crippen molar-refractivity contribution < 1.29 is 27.3 Å². The number of carbonyl (C=O) groups excluding carboxylic acids is 2. The molecule has 3 rings (SSSR count). The average molecular weight is 456 g/mol. The molecule has 1 aromatic carbocycles. The molecule has 0 N–H and O–H groups in total. The lowest BCUT2D eigenvalue weighted by Gasteiger charge is -2.26. The van der Waals surface area contributed by atoms with E-state index in [0.29, 0.717) is 17.3 Å². The summed E-state index contributed by atoms with van der Waals surface area (Å²) in [5.41, 5.74) is 0.730.